The normalized spacial score (nSPS) is 8.86. The summed E-state index contributed by atoms with van der Waals surface area (Å²) in [6.07, 6.45) is 2.50. The third kappa shape index (κ3) is 110. The van der Waals surface area contributed by atoms with Crippen LogP contribution in [-0.4, -0.2) is 6.43 Å². The molecule has 0 atom stereocenters. The summed E-state index contributed by atoms with van der Waals surface area (Å²) in [4.78, 5) is 0. The summed E-state index contributed by atoms with van der Waals surface area (Å²) >= 11 is 0. The highest BCUT2D eigenvalue weighted by molar-refractivity contribution is 4.47. The minimum absolute atomic E-state index is 4.00. The molecular formula is C3H2F4. The van der Waals surface area contributed by atoms with Crippen LogP contribution in [0, 0.1) is 12.8 Å². The van der Waals surface area contributed by atoms with Crippen molar-refractivity contribution in [3.63, 3.8) is 0 Å². The van der Waals surface area contributed by atoms with Gasteiger partial charge in [-0.2, -0.15) is 0 Å². The van der Waals surface area contributed by atoms with Gasteiger partial charge in [-0.3, -0.25) is 0 Å². The monoisotopic (exact) mass is 114 g/mol. The van der Waals surface area contributed by atoms with E-state index in [2.05, 4.69) is 12.8 Å². The van der Waals surface area contributed by atoms with Gasteiger partial charge in [0, 0.05) is 0 Å². The summed E-state index contributed by atoms with van der Waals surface area (Å²) < 4.78 is 38.8. The van der Waals surface area contributed by atoms with Crippen molar-refractivity contribution in [2.75, 3.05) is 0 Å². The van der Waals surface area contributed by atoms with E-state index in [1.807, 2.05) is 0 Å². The van der Waals surface area contributed by atoms with E-state index < -0.39 is 6.43 Å². The molecule has 0 aromatic rings. The van der Waals surface area contributed by atoms with Crippen molar-refractivity contribution >= 4 is 0 Å². The van der Waals surface area contributed by atoms with Gasteiger partial charge in [-0.25, -0.2) is 0 Å². The fourth-order valence-corrected chi connectivity index (χ4v) is 0. The first-order valence-electron chi connectivity index (χ1n) is 1.09. The maximum absolute atomic E-state index is 9.69. The summed E-state index contributed by atoms with van der Waals surface area (Å²) in [5.74, 6) is 0. The molecule has 0 aliphatic carbocycles. The first-order chi connectivity index (χ1) is 3.00. The Labute approximate surface area is 38.1 Å². The fraction of sp³-hybridized carbons (Fsp3) is 0.333. The van der Waals surface area contributed by atoms with Gasteiger partial charge in [-0.1, -0.05) is 0 Å². The molecule has 0 nitrogen and oxygen atoms in total. The molecule has 0 bridgehead atoms. The molecule has 4 heteroatoms. The quantitative estimate of drug-likeness (QED) is 0.332. The molecule has 0 N–H and O–H groups in total. The molecule has 0 rings (SSSR count). The predicted octanol–water partition coefficient (Wildman–Crippen LogP) is 1.73. The first kappa shape index (κ1) is 9.56. The Hall–Kier alpha value is -0.720. The predicted molar refractivity (Wildman–Crippen MR) is 17.1 cm³/mol. The van der Waals surface area contributed by atoms with Crippen LogP contribution in [0.5, 0.6) is 0 Å². The molecule has 0 saturated carbocycles. The van der Waals surface area contributed by atoms with Crippen LogP contribution in [0.15, 0.2) is 0 Å². The molecule has 0 aromatic carbocycles. The molecule has 0 radical (unpaired) electrons. The number of terminal acetylenes is 1. The van der Waals surface area contributed by atoms with Gasteiger partial charge < -0.3 is 0 Å². The summed E-state index contributed by atoms with van der Waals surface area (Å²) in [5.41, 5.74) is 0. The van der Waals surface area contributed by atoms with Crippen molar-refractivity contribution in [1.29, 1.82) is 0 Å². The van der Waals surface area contributed by atoms with Gasteiger partial charge in [0.25, 0.3) is 0 Å². The highest BCUT2D eigenvalue weighted by Crippen LogP contribution is 2.13. The molecule has 0 amide bonds. The van der Waals surface area contributed by atoms with Crippen LogP contribution in [-0.2, 0) is 0 Å². The average molecular weight is 114 g/mol. The third-order valence-corrected chi connectivity index (χ3v) is 0. The molecule has 0 spiro atoms. The Bertz CT molecular complexity index is 43.7. The summed E-state index contributed by atoms with van der Waals surface area (Å²) in [5, 5.41) is 0. The Morgan fingerprint density at radius 1 is 0.857 bits per heavy atom. The lowest BCUT2D eigenvalue weighted by atomic mass is 11.4. The Balaban J connectivity index is 0. The van der Waals surface area contributed by atoms with Crippen LogP contribution in [0.25, 0.3) is 0 Å². The van der Waals surface area contributed by atoms with Crippen molar-refractivity contribution in [1.82, 2.24) is 0 Å². The molecule has 0 aliphatic rings. The zero-order valence-electron chi connectivity index (χ0n) is 3.17. The van der Waals surface area contributed by atoms with Gasteiger partial charge >= 0.3 is 6.43 Å². The van der Waals surface area contributed by atoms with Crippen LogP contribution >= 0.6 is 0 Å². The zero-order chi connectivity index (χ0) is 6.50. The fourth-order valence-electron chi connectivity index (χ4n) is 0. The van der Waals surface area contributed by atoms with Crippen LogP contribution in [0.1, 0.15) is 0 Å². The maximum atomic E-state index is 9.69. The van der Waals surface area contributed by atoms with E-state index in [-0.39, 0.29) is 0 Å². The second-order valence-corrected chi connectivity index (χ2v) is 0.429. The third-order valence-electron chi connectivity index (χ3n) is 0. The molecule has 42 valence electrons. The maximum Gasteiger partial charge on any atom is 0.559 e. The van der Waals surface area contributed by atoms with Crippen molar-refractivity contribution in [2.45, 2.75) is 6.43 Å². The summed E-state index contributed by atoms with van der Waals surface area (Å²) in [6, 6.07) is 0. The van der Waals surface area contributed by atoms with Crippen LogP contribution in [0.4, 0.5) is 17.6 Å². The SMILES string of the molecule is C#C.FC(F)(F)F. The van der Waals surface area contributed by atoms with Gasteiger partial charge in [-0.15, -0.1) is 30.4 Å². The van der Waals surface area contributed by atoms with E-state index >= 15 is 0 Å². The van der Waals surface area contributed by atoms with Crippen LogP contribution < -0.4 is 0 Å². The lowest BCUT2D eigenvalue weighted by Crippen LogP contribution is -1.92. The second kappa shape index (κ2) is 3.47. The average Bonchev–Trinajstić information content (AvgIpc) is 1.36. The van der Waals surface area contributed by atoms with Crippen molar-refractivity contribution in [2.24, 2.45) is 0 Å². The van der Waals surface area contributed by atoms with Gasteiger partial charge in [0.1, 0.15) is 0 Å². The van der Waals surface area contributed by atoms with E-state index in [9.17, 15) is 17.6 Å². The number of hydrogen-bond acceptors (Lipinski definition) is 0. The molecule has 0 fully saturated rings. The van der Waals surface area contributed by atoms with E-state index in [0.29, 0.717) is 0 Å². The highest BCUT2D eigenvalue weighted by atomic mass is 19.5. The lowest BCUT2D eigenvalue weighted by Gasteiger charge is -1.82. The second-order valence-electron chi connectivity index (χ2n) is 0.429. The Kier molecular flexibility index (Phi) is 4.74. The van der Waals surface area contributed by atoms with Crippen molar-refractivity contribution in [3.05, 3.63) is 0 Å². The van der Waals surface area contributed by atoms with E-state index in [4.69, 9.17) is 0 Å². The van der Waals surface area contributed by atoms with E-state index in [0.717, 1.165) is 0 Å². The van der Waals surface area contributed by atoms with Gasteiger partial charge in [0.05, 0.1) is 0 Å². The van der Waals surface area contributed by atoms with E-state index in [1.54, 1.807) is 0 Å². The lowest BCUT2D eigenvalue weighted by molar-refractivity contribution is -0.237. The molecule has 0 heterocycles. The zero-order valence-corrected chi connectivity index (χ0v) is 3.17. The minimum Gasteiger partial charge on any atom is -0.140 e. The summed E-state index contributed by atoms with van der Waals surface area (Å²) in [7, 11) is 0. The molecule has 7 heavy (non-hydrogen) atoms. The smallest absolute Gasteiger partial charge is 0.140 e. The number of halogens is 4. The molecule has 0 saturated heterocycles. The molecule has 0 unspecified atom stereocenters. The van der Waals surface area contributed by atoms with Crippen LogP contribution in [0.2, 0.25) is 0 Å². The van der Waals surface area contributed by atoms with Gasteiger partial charge in [0.2, 0.25) is 0 Å². The minimum atomic E-state index is -5.50. The van der Waals surface area contributed by atoms with Crippen LogP contribution in [0.3, 0.4) is 0 Å². The van der Waals surface area contributed by atoms with Gasteiger partial charge in [-0.05, 0) is 0 Å². The topological polar surface area (TPSA) is 0 Å². The van der Waals surface area contributed by atoms with Crippen molar-refractivity contribution in [3.8, 4) is 12.8 Å². The Morgan fingerprint density at radius 2 is 0.857 bits per heavy atom. The standard InChI is InChI=1S/C2H2.CF4/c1-2;2-1(3,4)5/h1-2H;. The molecule has 0 aliphatic heterocycles. The molecule has 0 aromatic heterocycles. The van der Waals surface area contributed by atoms with Crippen molar-refractivity contribution < 1.29 is 17.6 Å². The van der Waals surface area contributed by atoms with E-state index in [1.165, 1.54) is 0 Å². The van der Waals surface area contributed by atoms with Gasteiger partial charge in [0.15, 0.2) is 0 Å². The largest absolute Gasteiger partial charge is 0.559 e. The highest BCUT2D eigenvalue weighted by Gasteiger charge is 2.24. The summed E-state index contributed by atoms with van der Waals surface area (Å²) in [6.45, 7) is 0. The Morgan fingerprint density at radius 3 is 0.857 bits per heavy atom. The molecular weight excluding hydrogens is 112 g/mol. The number of rotatable bonds is 0. The first-order valence-corrected chi connectivity index (χ1v) is 1.09. The number of hydrogen-bond donors (Lipinski definition) is 0. The number of alkyl halides is 4.